The van der Waals surface area contributed by atoms with Crippen LogP contribution >= 0.6 is 11.6 Å². The van der Waals surface area contributed by atoms with Crippen LogP contribution in [0.3, 0.4) is 0 Å². The normalized spacial score (nSPS) is 17.6. The van der Waals surface area contributed by atoms with Crippen molar-refractivity contribution in [2.75, 3.05) is 5.88 Å². The van der Waals surface area contributed by atoms with Crippen molar-refractivity contribution in [1.29, 1.82) is 0 Å². The van der Waals surface area contributed by atoms with Crippen molar-refractivity contribution in [2.24, 2.45) is 0 Å². The van der Waals surface area contributed by atoms with E-state index >= 15 is 0 Å². The van der Waals surface area contributed by atoms with Gasteiger partial charge in [-0.05, 0) is 38.3 Å². The fraction of sp³-hybridized carbons (Fsp3) is 0.500. The molecule has 1 heterocycles. The third kappa shape index (κ3) is 2.05. The number of carbonyl (C=O) groups is 1. The minimum absolute atomic E-state index is 0.0639. The van der Waals surface area contributed by atoms with E-state index in [0.717, 1.165) is 25.0 Å². The molecule has 0 aliphatic heterocycles. The minimum Gasteiger partial charge on any atom is -0.345 e. The molecule has 1 aliphatic rings. The van der Waals surface area contributed by atoms with E-state index in [-0.39, 0.29) is 11.4 Å². The molecule has 4 heteroatoms. The first-order valence-corrected chi connectivity index (χ1v) is 6.00. The van der Waals surface area contributed by atoms with Gasteiger partial charge in [0.2, 0.25) is 0 Å². The molecule has 1 N–H and O–H groups in total. The smallest absolute Gasteiger partial charge is 0.253 e. The summed E-state index contributed by atoms with van der Waals surface area (Å²) in [5.41, 5.74) is 1.21. The number of hydrogen-bond acceptors (Lipinski definition) is 2. The summed E-state index contributed by atoms with van der Waals surface area (Å²) in [5, 5.41) is 3.03. The molecule has 16 heavy (non-hydrogen) atoms. The molecule has 0 spiro atoms. The average molecular weight is 239 g/mol. The monoisotopic (exact) mass is 238 g/mol. The van der Waals surface area contributed by atoms with Crippen LogP contribution in [-0.2, 0) is 0 Å². The van der Waals surface area contributed by atoms with Gasteiger partial charge in [-0.25, -0.2) is 0 Å². The Morgan fingerprint density at radius 3 is 2.88 bits per heavy atom. The number of nitrogens with zero attached hydrogens (tertiary/aromatic N) is 1. The fourth-order valence-corrected chi connectivity index (χ4v) is 2.26. The first-order chi connectivity index (χ1) is 7.67. The highest BCUT2D eigenvalue weighted by Crippen LogP contribution is 2.33. The molecule has 1 saturated carbocycles. The Morgan fingerprint density at radius 1 is 1.62 bits per heavy atom. The van der Waals surface area contributed by atoms with E-state index in [1.165, 1.54) is 0 Å². The summed E-state index contributed by atoms with van der Waals surface area (Å²) >= 11 is 5.90. The summed E-state index contributed by atoms with van der Waals surface area (Å²) < 4.78 is 0. The van der Waals surface area contributed by atoms with E-state index in [9.17, 15) is 4.79 Å². The predicted octanol–water partition coefficient (Wildman–Crippen LogP) is 2.28. The third-order valence-electron chi connectivity index (χ3n) is 3.20. The van der Waals surface area contributed by atoms with Gasteiger partial charge in [0.15, 0.2) is 0 Å². The Morgan fingerprint density at radius 2 is 2.38 bits per heavy atom. The van der Waals surface area contributed by atoms with Gasteiger partial charge in [-0.2, -0.15) is 0 Å². The third-order valence-corrected chi connectivity index (χ3v) is 3.71. The van der Waals surface area contributed by atoms with Crippen LogP contribution in [0.25, 0.3) is 0 Å². The maximum Gasteiger partial charge on any atom is 0.253 e. The van der Waals surface area contributed by atoms with Gasteiger partial charge in [0, 0.05) is 17.8 Å². The van der Waals surface area contributed by atoms with E-state index in [1.54, 1.807) is 18.3 Å². The lowest BCUT2D eigenvalue weighted by molar-refractivity contribution is 0.0853. The number of pyridine rings is 1. The van der Waals surface area contributed by atoms with Crippen LogP contribution in [0.5, 0.6) is 0 Å². The molecular formula is C12H15ClN2O. The number of nitrogens with one attached hydrogen (secondary N) is 1. The summed E-state index contributed by atoms with van der Waals surface area (Å²) in [4.78, 5) is 16.1. The Hall–Kier alpha value is -1.09. The van der Waals surface area contributed by atoms with Crippen LogP contribution in [0.15, 0.2) is 18.3 Å². The van der Waals surface area contributed by atoms with Gasteiger partial charge < -0.3 is 5.32 Å². The second-order valence-corrected chi connectivity index (χ2v) is 4.63. The number of alkyl halides is 1. The Kier molecular flexibility index (Phi) is 3.15. The van der Waals surface area contributed by atoms with Crippen LogP contribution in [0.4, 0.5) is 0 Å². The summed E-state index contributed by atoms with van der Waals surface area (Å²) in [6.07, 6.45) is 4.77. The summed E-state index contributed by atoms with van der Waals surface area (Å²) in [5.74, 6) is 0.420. The van der Waals surface area contributed by atoms with Crippen molar-refractivity contribution < 1.29 is 4.79 Å². The predicted molar refractivity (Wildman–Crippen MR) is 63.7 cm³/mol. The van der Waals surface area contributed by atoms with Crippen LogP contribution in [0, 0.1) is 6.92 Å². The van der Waals surface area contributed by atoms with Crippen LogP contribution < -0.4 is 5.32 Å². The Labute approximate surface area is 100 Å². The second kappa shape index (κ2) is 4.42. The number of rotatable bonds is 3. The van der Waals surface area contributed by atoms with Gasteiger partial charge >= 0.3 is 0 Å². The minimum atomic E-state index is -0.180. The van der Waals surface area contributed by atoms with E-state index < -0.39 is 0 Å². The van der Waals surface area contributed by atoms with Gasteiger partial charge in [0.25, 0.3) is 5.91 Å². The highest BCUT2D eigenvalue weighted by Gasteiger charge is 2.37. The molecule has 2 rings (SSSR count). The largest absolute Gasteiger partial charge is 0.345 e. The molecule has 0 aromatic carbocycles. The standard InChI is InChI=1S/C12H15ClN2O/c1-9-10(4-2-7-14-9)11(16)15-12(8-13)5-3-6-12/h2,4,7H,3,5-6,8H2,1H3,(H,15,16). The highest BCUT2D eigenvalue weighted by molar-refractivity contribution is 6.19. The van der Waals surface area contributed by atoms with Gasteiger partial charge in [-0.3, -0.25) is 9.78 Å². The molecule has 86 valence electrons. The first-order valence-electron chi connectivity index (χ1n) is 5.47. The zero-order valence-electron chi connectivity index (χ0n) is 9.29. The zero-order chi connectivity index (χ0) is 11.6. The number of aromatic nitrogens is 1. The lowest BCUT2D eigenvalue weighted by Crippen LogP contribution is -2.55. The molecule has 0 saturated heterocycles. The molecule has 1 aromatic rings. The van der Waals surface area contributed by atoms with Crippen molar-refractivity contribution in [1.82, 2.24) is 10.3 Å². The van der Waals surface area contributed by atoms with Crippen LogP contribution in [-0.4, -0.2) is 22.3 Å². The lowest BCUT2D eigenvalue weighted by atomic mass is 9.78. The number of carbonyl (C=O) groups excluding carboxylic acids is 1. The number of amides is 1. The quantitative estimate of drug-likeness (QED) is 0.821. The highest BCUT2D eigenvalue weighted by atomic mass is 35.5. The zero-order valence-corrected chi connectivity index (χ0v) is 10.0. The summed E-state index contributed by atoms with van der Waals surface area (Å²) in [7, 11) is 0. The maximum atomic E-state index is 12.0. The Bertz CT molecular complexity index is 396. The molecule has 3 nitrogen and oxygen atoms in total. The van der Waals surface area contributed by atoms with Crippen LogP contribution in [0.2, 0.25) is 0 Å². The SMILES string of the molecule is Cc1ncccc1C(=O)NC1(CCl)CCC1. The molecule has 0 unspecified atom stereocenters. The average Bonchev–Trinajstić information content (AvgIpc) is 2.24. The second-order valence-electron chi connectivity index (χ2n) is 4.36. The van der Waals surface area contributed by atoms with Gasteiger partial charge in [0.05, 0.1) is 11.1 Å². The molecule has 1 aliphatic carbocycles. The topological polar surface area (TPSA) is 42.0 Å². The first kappa shape index (κ1) is 11.4. The molecule has 1 aromatic heterocycles. The summed E-state index contributed by atoms with van der Waals surface area (Å²) in [6, 6.07) is 3.56. The van der Waals surface area contributed by atoms with E-state index in [0.29, 0.717) is 11.4 Å². The van der Waals surface area contributed by atoms with Crippen molar-refractivity contribution in [3.8, 4) is 0 Å². The molecular weight excluding hydrogens is 224 g/mol. The molecule has 1 fully saturated rings. The molecule has 0 atom stereocenters. The van der Waals surface area contributed by atoms with Gasteiger partial charge in [-0.1, -0.05) is 0 Å². The lowest BCUT2D eigenvalue weighted by Gasteiger charge is -2.41. The molecule has 0 bridgehead atoms. The van der Waals surface area contributed by atoms with E-state index in [4.69, 9.17) is 11.6 Å². The van der Waals surface area contributed by atoms with Crippen LogP contribution in [0.1, 0.15) is 35.3 Å². The fourth-order valence-electron chi connectivity index (χ4n) is 1.93. The maximum absolute atomic E-state index is 12.0. The molecule has 0 radical (unpaired) electrons. The Balaban J connectivity index is 2.11. The van der Waals surface area contributed by atoms with Gasteiger partial charge in [-0.15, -0.1) is 11.6 Å². The van der Waals surface area contributed by atoms with Crippen molar-refractivity contribution in [3.63, 3.8) is 0 Å². The number of halogens is 1. The summed E-state index contributed by atoms with van der Waals surface area (Å²) in [6.45, 7) is 1.84. The number of hydrogen-bond donors (Lipinski definition) is 1. The van der Waals surface area contributed by atoms with Crippen molar-refractivity contribution >= 4 is 17.5 Å². The van der Waals surface area contributed by atoms with E-state index in [1.807, 2.05) is 6.92 Å². The van der Waals surface area contributed by atoms with Gasteiger partial charge in [0.1, 0.15) is 0 Å². The van der Waals surface area contributed by atoms with Crippen molar-refractivity contribution in [3.05, 3.63) is 29.6 Å². The van der Waals surface area contributed by atoms with E-state index in [2.05, 4.69) is 10.3 Å². The number of aryl methyl sites for hydroxylation is 1. The van der Waals surface area contributed by atoms with Crippen molar-refractivity contribution in [2.45, 2.75) is 31.7 Å². The molecule has 1 amide bonds.